The highest BCUT2D eigenvalue weighted by atomic mass is 16.4. The molecule has 0 saturated carbocycles. The van der Waals surface area contributed by atoms with E-state index in [1.54, 1.807) is 11.1 Å². The fourth-order valence-electron chi connectivity index (χ4n) is 3.26. The molecule has 1 amide bonds. The minimum absolute atomic E-state index is 0.0177. The van der Waals surface area contributed by atoms with Gasteiger partial charge in [-0.1, -0.05) is 20.8 Å². The lowest BCUT2D eigenvalue weighted by atomic mass is 9.99. The maximum Gasteiger partial charge on any atom is 0.308 e. The van der Waals surface area contributed by atoms with Crippen molar-refractivity contribution in [3.8, 4) is 0 Å². The highest BCUT2D eigenvalue weighted by Crippen LogP contribution is 2.26. The highest BCUT2D eigenvalue weighted by Gasteiger charge is 2.38. The molecule has 1 aliphatic rings. The summed E-state index contributed by atoms with van der Waals surface area (Å²) in [5.41, 5.74) is 1.45. The van der Waals surface area contributed by atoms with Crippen molar-refractivity contribution in [3.05, 3.63) is 17.5 Å². The fraction of sp³-hybridized carbons (Fsp3) is 0.688. The normalized spacial score (nSPS) is 21.6. The predicted octanol–water partition coefficient (Wildman–Crippen LogP) is 2.35. The first-order chi connectivity index (χ1) is 10.4. The molecule has 2 heterocycles. The lowest BCUT2D eigenvalue weighted by Gasteiger charge is -2.18. The van der Waals surface area contributed by atoms with E-state index in [9.17, 15) is 14.7 Å². The van der Waals surface area contributed by atoms with Crippen molar-refractivity contribution in [2.75, 3.05) is 13.1 Å². The van der Waals surface area contributed by atoms with Crippen LogP contribution in [-0.4, -0.2) is 44.8 Å². The molecule has 2 atom stereocenters. The van der Waals surface area contributed by atoms with Gasteiger partial charge in [-0.05, 0) is 25.7 Å². The van der Waals surface area contributed by atoms with Gasteiger partial charge in [-0.15, -0.1) is 0 Å². The van der Waals surface area contributed by atoms with Crippen molar-refractivity contribution in [1.82, 2.24) is 14.7 Å². The standard InChI is InChI=1S/C16H25N3O3/c1-5-12(6-2)19-11(4)13(7-17-19)15(20)18-8-10(3)14(9-18)16(21)22/h7,10,12,14H,5-6,8-9H2,1-4H3,(H,21,22)/t10-,14-/m1/s1. The van der Waals surface area contributed by atoms with Crippen molar-refractivity contribution in [3.63, 3.8) is 0 Å². The number of likely N-dealkylation sites (tertiary alicyclic amines) is 1. The average Bonchev–Trinajstić information content (AvgIpc) is 3.04. The van der Waals surface area contributed by atoms with Crippen molar-refractivity contribution < 1.29 is 14.7 Å². The van der Waals surface area contributed by atoms with Crippen LogP contribution in [0.1, 0.15) is 55.7 Å². The Labute approximate surface area is 131 Å². The number of carboxylic acid groups (broad SMARTS) is 1. The molecule has 0 unspecified atom stereocenters. The van der Waals surface area contributed by atoms with Gasteiger partial charge in [0.25, 0.3) is 5.91 Å². The Kier molecular flexibility index (Phi) is 4.88. The molecular weight excluding hydrogens is 282 g/mol. The molecule has 1 N–H and O–H groups in total. The zero-order valence-corrected chi connectivity index (χ0v) is 13.7. The van der Waals surface area contributed by atoms with Crippen molar-refractivity contribution in [1.29, 1.82) is 0 Å². The second-order valence-electron chi connectivity index (χ2n) is 6.19. The quantitative estimate of drug-likeness (QED) is 0.906. The maximum absolute atomic E-state index is 12.7. The van der Waals surface area contributed by atoms with Gasteiger partial charge in [0.2, 0.25) is 0 Å². The molecule has 6 heteroatoms. The molecule has 0 radical (unpaired) electrons. The summed E-state index contributed by atoms with van der Waals surface area (Å²) in [6.07, 6.45) is 3.55. The number of carbonyl (C=O) groups is 2. The van der Waals surface area contributed by atoms with Crippen molar-refractivity contribution in [2.24, 2.45) is 11.8 Å². The Hall–Kier alpha value is -1.85. The number of rotatable bonds is 5. The number of aliphatic carboxylic acids is 1. The van der Waals surface area contributed by atoms with Gasteiger partial charge in [-0.2, -0.15) is 5.10 Å². The van der Waals surface area contributed by atoms with Crippen LogP contribution in [0.5, 0.6) is 0 Å². The molecule has 0 spiro atoms. The van der Waals surface area contributed by atoms with E-state index in [-0.39, 0.29) is 18.4 Å². The molecule has 1 aliphatic heterocycles. The molecule has 1 saturated heterocycles. The smallest absolute Gasteiger partial charge is 0.308 e. The lowest BCUT2D eigenvalue weighted by molar-refractivity contribution is -0.142. The predicted molar refractivity (Wildman–Crippen MR) is 82.8 cm³/mol. The van der Waals surface area contributed by atoms with E-state index in [1.807, 2.05) is 18.5 Å². The van der Waals surface area contributed by atoms with Crippen LogP contribution < -0.4 is 0 Å². The third-order valence-electron chi connectivity index (χ3n) is 4.78. The topological polar surface area (TPSA) is 75.4 Å². The Bertz CT molecular complexity index is 563. The Morgan fingerprint density at radius 2 is 2.00 bits per heavy atom. The third-order valence-corrected chi connectivity index (χ3v) is 4.78. The first-order valence-corrected chi connectivity index (χ1v) is 7.96. The summed E-state index contributed by atoms with van der Waals surface area (Å²) in [5.74, 6) is -1.42. The third kappa shape index (κ3) is 2.87. The van der Waals surface area contributed by atoms with Crippen LogP contribution in [0.2, 0.25) is 0 Å². The molecule has 0 aromatic carbocycles. The van der Waals surface area contributed by atoms with Crippen molar-refractivity contribution >= 4 is 11.9 Å². The van der Waals surface area contributed by atoms with E-state index in [0.717, 1.165) is 18.5 Å². The van der Waals surface area contributed by atoms with Crippen molar-refractivity contribution in [2.45, 2.75) is 46.6 Å². The molecule has 0 bridgehead atoms. The average molecular weight is 307 g/mol. The van der Waals surface area contributed by atoms with Gasteiger partial charge in [0, 0.05) is 18.8 Å². The number of aromatic nitrogens is 2. The summed E-state index contributed by atoms with van der Waals surface area (Å²) in [6, 6.07) is 0.297. The van der Waals surface area contributed by atoms with E-state index >= 15 is 0 Å². The van der Waals surface area contributed by atoms with Crippen LogP contribution in [0.4, 0.5) is 0 Å². The zero-order chi connectivity index (χ0) is 16.4. The zero-order valence-electron chi connectivity index (χ0n) is 13.7. The van der Waals surface area contributed by atoms with Gasteiger partial charge < -0.3 is 10.0 Å². The van der Waals surface area contributed by atoms with E-state index < -0.39 is 11.9 Å². The van der Waals surface area contributed by atoms with E-state index in [0.29, 0.717) is 18.2 Å². The van der Waals surface area contributed by atoms with Crippen LogP contribution in [0, 0.1) is 18.8 Å². The van der Waals surface area contributed by atoms with E-state index in [4.69, 9.17) is 0 Å². The molecule has 1 fully saturated rings. The van der Waals surface area contributed by atoms with Crippen LogP contribution in [0.15, 0.2) is 6.20 Å². The van der Waals surface area contributed by atoms with E-state index in [2.05, 4.69) is 18.9 Å². The summed E-state index contributed by atoms with van der Waals surface area (Å²) in [5, 5.41) is 13.6. The van der Waals surface area contributed by atoms with Gasteiger partial charge in [-0.25, -0.2) is 0 Å². The maximum atomic E-state index is 12.7. The molecule has 2 rings (SSSR count). The highest BCUT2D eigenvalue weighted by molar-refractivity contribution is 5.95. The minimum atomic E-state index is -0.827. The van der Waals surface area contributed by atoms with Crippen LogP contribution in [-0.2, 0) is 4.79 Å². The molecule has 6 nitrogen and oxygen atoms in total. The van der Waals surface area contributed by atoms with E-state index in [1.165, 1.54) is 0 Å². The van der Waals surface area contributed by atoms with Crippen LogP contribution in [0.3, 0.4) is 0 Å². The number of hydrogen-bond acceptors (Lipinski definition) is 3. The molecule has 1 aromatic heterocycles. The summed E-state index contributed by atoms with van der Waals surface area (Å²) in [6.45, 7) is 8.78. The second kappa shape index (κ2) is 6.50. The largest absolute Gasteiger partial charge is 0.481 e. The Morgan fingerprint density at radius 1 is 1.36 bits per heavy atom. The SMILES string of the molecule is CCC(CC)n1ncc(C(=O)N2C[C@@H](C)[C@H](C(=O)O)C2)c1C. The first-order valence-electron chi connectivity index (χ1n) is 7.96. The molecule has 122 valence electrons. The number of carboxylic acids is 1. The number of hydrogen-bond donors (Lipinski definition) is 1. The second-order valence-corrected chi connectivity index (χ2v) is 6.19. The van der Waals surface area contributed by atoms with Gasteiger partial charge in [0.1, 0.15) is 0 Å². The first kappa shape index (κ1) is 16.5. The van der Waals surface area contributed by atoms with Gasteiger partial charge in [0.05, 0.1) is 23.7 Å². The van der Waals surface area contributed by atoms with Gasteiger partial charge in [-0.3, -0.25) is 14.3 Å². The van der Waals surface area contributed by atoms with Crippen LogP contribution in [0.25, 0.3) is 0 Å². The number of nitrogens with zero attached hydrogens (tertiary/aromatic N) is 3. The molecule has 0 aliphatic carbocycles. The summed E-state index contributed by atoms with van der Waals surface area (Å²) in [7, 11) is 0. The van der Waals surface area contributed by atoms with Gasteiger partial charge in [0.15, 0.2) is 0 Å². The van der Waals surface area contributed by atoms with Gasteiger partial charge >= 0.3 is 5.97 Å². The summed E-state index contributed by atoms with van der Waals surface area (Å²) in [4.78, 5) is 25.5. The molecule has 22 heavy (non-hydrogen) atoms. The molecule has 1 aromatic rings. The fourth-order valence-corrected chi connectivity index (χ4v) is 3.26. The van der Waals surface area contributed by atoms with Crippen LogP contribution >= 0.6 is 0 Å². The number of carbonyl (C=O) groups excluding carboxylic acids is 1. The molecular formula is C16H25N3O3. The lowest BCUT2D eigenvalue weighted by Crippen LogP contribution is -2.30. The summed E-state index contributed by atoms with van der Waals surface area (Å²) < 4.78 is 1.92. The Morgan fingerprint density at radius 3 is 2.50 bits per heavy atom. The monoisotopic (exact) mass is 307 g/mol. The minimum Gasteiger partial charge on any atom is -0.481 e. The Balaban J connectivity index is 2.19. The number of amides is 1. The summed E-state index contributed by atoms with van der Waals surface area (Å²) >= 11 is 0.